The molecule has 176 valence electrons. The molecule has 1 fully saturated rings. The highest BCUT2D eigenvalue weighted by Gasteiger charge is 2.30. The summed E-state index contributed by atoms with van der Waals surface area (Å²) < 4.78 is 11.2. The van der Waals surface area contributed by atoms with Gasteiger partial charge < -0.3 is 14.4 Å². The van der Waals surface area contributed by atoms with Crippen LogP contribution in [0.3, 0.4) is 0 Å². The number of rotatable bonds is 8. The number of aromatic nitrogens is 1. The van der Waals surface area contributed by atoms with Crippen LogP contribution in [0.5, 0.6) is 11.6 Å². The topological polar surface area (TPSA) is 72.0 Å². The van der Waals surface area contributed by atoms with Crippen molar-refractivity contribution < 1.29 is 19.1 Å². The van der Waals surface area contributed by atoms with E-state index in [-0.39, 0.29) is 12.5 Å². The molecule has 0 saturated carbocycles. The summed E-state index contributed by atoms with van der Waals surface area (Å²) in [5.74, 6) is 1.27. The summed E-state index contributed by atoms with van der Waals surface area (Å²) in [6.07, 6.45) is -0.571. The number of pyridine rings is 1. The highest BCUT2D eigenvalue weighted by atomic mass is 16.5. The predicted octanol–water partition coefficient (Wildman–Crippen LogP) is 4.54. The second kappa shape index (κ2) is 10.4. The summed E-state index contributed by atoms with van der Waals surface area (Å²) in [4.78, 5) is 32.3. The fourth-order valence-corrected chi connectivity index (χ4v) is 4.28. The zero-order valence-electron chi connectivity index (χ0n) is 19.1. The van der Waals surface area contributed by atoms with E-state index in [1.54, 1.807) is 0 Å². The van der Waals surface area contributed by atoms with E-state index >= 15 is 0 Å². The predicted molar refractivity (Wildman–Crippen MR) is 132 cm³/mol. The Balaban J connectivity index is 1.25. The van der Waals surface area contributed by atoms with Gasteiger partial charge in [0.05, 0.1) is 12.1 Å². The second-order valence-corrected chi connectivity index (χ2v) is 8.37. The van der Waals surface area contributed by atoms with Gasteiger partial charge in [-0.25, -0.2) is 4.98 Å². The lowest BCUT2D eigenvalue weighted by Gasteiger charge is -2.37. The number of hydrogen-bond donors (Lipinski definition) is 0. The first-order valence-corrected chi connectivity index (χ1v) is 11.5. The molecule has 0 N–H and O–H groups in total. The zero-order chi connectivity index (χ0) is 24.0. The first kappa shape index (κ1) is 22.6. The summed E-state index contributed by atoms with van der Waals surface area (Å²) in [5, 5.41) is 0.984. The maximum absolute atomic E-state index is 12.9. The van der Waals surface area contributed by atoms with Gasteiger partial charge in [-0.15, -0.1) is 0 Å². The van der Waals surface area contributed by atoms with Gasteiger partial charge in [-0.3, -0.25) is 14.5 Å². The van der Waals surface area contributed by atoms with Gasteiger partial charge in [-0.2, -0.15) is 0 Å². The summed E-state index contributed by atoms with van der Waals surface area (Å²) in [6.45, 7) is 2.28. The van der Waals surface area contributed by atoms with E-state index in [0.29, 0.717) is 32.0 Å². The van der Waals surface area contributed by atoms with E-state index < -0.39 is 6.23 Å². The van der Waals surface area contributed by atoms with Crippen LogP contribution in [0.2, 0.25) is 0 Å². The van der Waals surface area contributed by atoms with Crippen molar-refractivity contribution in [2.45, 2.75) is 12.8 Å². The lowest BCUT2D eigenvalue weighted by Crippen LogP contribution is -2.51. The van der Waals surface area contributed by atoms with Crippen LogP contribution in [0, 0.1) is 0 Å². The molecule has 4 aromatic rings. The van der Waals surface area contributed by atoms with E-state index in [1.807, 2.05) is 94.7 Å². The largest absolute Gasteiger partial charge is 0.444 e. The number of carbonyl (C=O) groups excluding carboxylic acids is 2. The highest BCUT2D eigenvalue weighted by Crippen LogP contribution is 2.26. The molecule has 1 amide bonds. The molecule has 1 aliphatic heterocycles. The van der Waals surface area contributed by atoms with Crippen molar-refractivity contribution in [1.82, 2.24) is 14.8 Å². The van der Waals surface area contributed by atoms with Crippen LogP contribution < -0.4 is 4.74 Å². The third-order valence-electron chi connectivity index (χ3n) is 6.02. The van der Waals surface area contributed by atoms with Gasteiger partial charge in [0.2, 0.25) is 11.8 Å². The fourth-order valence-electron chi connectivity index (χ4n) is 4.28. The third-order valence-corrected chi connectivity index (χ3v) is 6.02. The lowest BCUT2D eigenvalue weighted by atomic mass is 10.1. The Bertz CT molecular complexity index is 1310. The molecule has 0 spiro atoms. The minimum absolute atomic E-state index is 0.00323. The Hall–Kier alpha value is -4.23. The number of nitrogens with zero attached hydrogens (tertiary/aromatic N) is 3. The number of ether oxygens (including phenoxy) is 2. The van der Waals surface area contributed by atoms with E-state index in [0.717, 1.165) is 27.8 Å². The standard InChI is InChI=1S/C28H25N3O4/c32-20-34-28(22-7-3-1-4-8-22)31-16-15-30(27(33)19-31)18-21-11-13-25-23(17-21)12-14-26(29-25)35-24-9-5-2-6-10-24/h1-14,17,20,28H,15-16,18-19H2. The van der Waals surface area contributed by atoms with Crippen LogP contribution in [-0.2, 0) is 20.9 Å². The van der Waals surface area contributed by atoms with E-state index in [1.165, 1.54) is 0 Å². The molecule has 1 saturated heterocycles. The van der Waals surface area contributed by atoms with Gasteiger partial charge in [0.25, 0.3) is 6.47 Å². The number of hydrogen-bond acceptors (Lipinski definition) is 6. The molecule has 0 bridgehead atoms. The van der Waals surface area contributed by atoms with Crippen LogP contribution in [0.1, 0.15) is 17.4 Å². The molecule has 5 rings (SSSR count). The number of benzene rings is 3. The van der Waals surface area contributed by atoms with Gasteiger partial charge in [0.15, 0.2) is 6.23 Å². The fraction of sp³-hybridized carbons (Fsp3) is 0.179. The number of piperazine rings is 1. The summed E-state index contributed by atoms with van der Waals surface area (Å²) in [5.41, 5.74) is 2.70. The number of para-hydroxylation sites is 1. The van der Waals surface area contributed by atoms with Crippen molar-refractivity contribution in [3.05, 3.63) is 102 Å². The molecular weight excluding hydrogens is 442 g/mol. The summed E-state index contributed by atoms with van der Waals surface area (Å²) in [6, 6.07) is 28.8. The maximum Gasteiger partial charge on any atom is 0.294 e. The quantitative estimate of drug-likeness (QED) is 0.354. The lowest BCUT2D eigenvalue weighted by molar-refractivity contribution is -0.155. The van der Waals surface area contributed by atoms with E-state index in [2.05, 4.69) is 11.1 Å². The molecule has 3 aromatic carbocycles. The zero-order valence-corrected chi connectivity index (χ0v) is 19.1. The molecule has 7 nitrogen and oxygen atoms in total. The van der Waals surface area contributed by atoms with Gasteiger partial charge in [0, 0.05) is 36.7 Å². The van der Waals surface area contributed by atoms with Gasteiger partial charge >= 0.3 is 0 Å². The Morgan fingerprint density at radius 1 is 0.914 bits per heavy atom. The average Bonchev–Trinajstić information content (AvgIpc) is 2.90. The first-order valence-electron chi connectivity index (χ1n) is 11.5. The minimum atomic E-state index is -0.571. The van der Waals surface area contributed by atoms with Crippen LogP contribution >= 0.6 is 0 Å². The molecule has 35 heavy (non-hydrogen) atoms. The molecule has 0 aliphatic carbocycles. The third kappa shape index (κ3) is 5.31. The van der Waals surface area contributed by atoms with Gasteiger partial charge in [-0.05, 0) is 35.9 Å². The normalized spacial score (nSPS) is 15.1. The number of fused-ring (bicyclic) bond motifs is 1. The molecule has 1 atom stereocenters. The Labute approximate surface area is 203 Å². The Morgan fingerprint density at radius 2 is 1.69 bits per heavy atom. The molecule has 1 unspecified atom stereocenters. The van der Waals surface area contributed by atoms with E-state index in [9.17, 15) is 9.59 Å². The smallest absolute Gasteiger partial charge is 0.294 e. The van der Waals surface area contributed by atoms with Crippen LogP contribution in [0.25, 0.3) is 10.9 Å². The summed E-state index contributed by atoms with van der Waals surface area (Å²) >= 11 is 0. The van der Waals surface area contributed by atoms with Crippen molar-refractivity contribution >= 4 is 23.3 Å². The summed E-state index contributed by atoms with van der Waals surface area (Å²) in [7, 11) is 0. The monoisotopic (exact) mass is 467 g/mol. The van der Waals surface area contributed by atoms with Crippen molar-refractivity contribution in [1.29, 1.82) is 0 Å². The van der Waals surface area contributed by atoms with Crippen molar-refractivity contribution in [3.63, 3.8) is 0 Å². The van der Waals surface area contributed by atoms with Gasteiger partial charge in [0.1, 0.15) is 5.75 Å². The molecule has 7 heteroatoms. The second-order valence-electron chi connectivity index (χ2n) is 8.37. The minimum Gasteiger partial charge on any atom is -0.444 e. The molecular formula is C28H25N3O4. The number of carbonyl (C=O) groups is 2. The van der Waals surface area contributed by atoms with Crippen molar-refractivity contribution in [3.8, 4) is 11.6 Å². The van der Waals surface area contributed by atoms with Crippen LogP contribution in [-0.4, -0.2) is 46.8 Å². The van der Waals surface area contributed by atoms with Gasteiger partial charge in [-0.1, -0.05) is 54.6 Å². The molecule has 1 aromatic heterocycles. The Kier molecular flexibility index (Phi) is 6.68. The number of amides is 1. The van der Waals surface area contributed by atoms with Crippen molar-refractivity contribution in [2.75, 3.05) is 19.6 Å². The molecule has 1 aliphatic rings. The SMILES string of the molecule is O=COC(c1ccccc1)N1CCN(Cc2ccc3nc(Oc4ccccc4)ccc3c2)C(=O)C1. The molecule has 2 heterocycles. The van der Waals surface area contributed by atoms with Crippen molar-refractivity contribution in [2.24, 2.45) is 0 Å². The average molecular weight is 468 g/mol. The van der Waals surface area contributed by atoms with E-state index in [4.69, 9.17) is 9.47 Å². The highest BCUT2D eigenvalue weighted by molar-refractivity contribution is 5.81. The van der Waals surface area contributed by atoms with Crippen LogP contribution in [0.4, 0.5) is 0 Å². The first-order chi connectivity index (χ1) is 17.2. The molecule has 0 radical (unpaired) electrons. The Morgan fingerprint density at radius 3 is 2.43 bits per heavy atom. The maximum atomic E-state index is 12.9. The van der Waals surface area contributed by atoms with Crippen LogP contribution in [0.15, 0.2) is 91.0 Å².